The van der Waals surface area contributed by atoms with Crippen LogP contribution >= 0.6 is 15.9 Å². The Morgan fingerprint density at radius 3 is 2.65 bits per heavy atom. The second-order valence-corrected chi connectivity index (χ2v) is 10.2. The van der Waals surface area contributed by atoms with Gasteiger partial charge in [0.1, 0.15) is 6.10 Å². The fourth-order valence-corrected chi connectivity index (χ4v) is 7.16. The smallest absolute Gasteiger partial charge is 0.167 e. The number of carbonyl (C=O) groups excluding carboxylic acids is 1. The highest BCUT2D eigenvalue weighted by Crippen LogP contribution is 2.64. The fraction of sp³-hybridized carbons (Fsp3) is 0.850. The number of Topliss-reactive ketones (excluding diaryl/α,β-unsaturated/α-hetero) is 1. The molecule has 3 saturated carbocycles. The quantitative estimate of drug-likeness (QED) is 0.477. The zero-order valence-corrected chi connectivity index (χ0v) is 16.2. The second kappa shape index (κ2) is 5.42. The molecule has 0 aromatic heterocycles. The summed E-state index contributed by atoms with van der Waals surface area (Å²) in [5, 5.41) is 0. The Morgan fingerprint density at radius 2 is 1.91 bits per heavy atom. The molecule has 4 aliphatic rings. The zero-order valence-electron chi connectivity index (χ0n) is 14.6. The van der Waals surface area contributed by atoms with Gasteiger partial charge in [-0.05, 0) is 68.1 Å². The molecular weight excluding hydrogens is 352 g/mol. The van der Waals surface area contributed by atoms with Crippen LogP contribution in [0.4, 0.5) is 0 Å². The maximum Gasteiger partial charge on any atom is 0.167 e. The van der Waals surface area contributed by atoms with Crippen molar-refractivity contribution in [1.82, 2.24) is 0 Å². The van der Waals surface area contributed by atoms with E-state index in [1.165, 1.54) is 32.1 Å². The molecule has 0 aromatic rings. The van der Waals surface area contributed by atoms with E-state index < -0.39 is 0 Å². The maximum atomic E-state index is 12.8. The standard InChI is InChI=1S/C20H29BrO2/c1-19-8-6-13(21)10-12(19)4-5-14-15(19)7-9-20(2)16(14)11-17(23-3)18(20)22/h4,13-17H,5-11H2,1-3H3/t13?,14-,15+,16+,17-,19+,20+/m1/s1. The van der Waals surface area contributed by atoms with E-state index in [9.17, 15) is 4.79 Å². The number of alkyl halides is 1. The summed E-state index contributed by atoms with van der Waals surface area (Å²) >= 11 is 3.84. The summed E-state index contributed by atoms with van der Waals surface area (Å²) < 4.78 is 5.53. The molecule has 0 saturated heterocycles. The lowest BCUT2D eigenvalue weighted by atomic mass is 9.48. The maximum absolute atomic E-state index is 12.8. The van der Waals surface area contributed by atoms with Gasteiger partial charge in [-0.25, -0.2) is 0 Å². The van der Waals surface area contributed by atoms with E-state index in [1.807, 2.05) is 0 Å². The third-order valence-electron chi connectivity index (χ3n) is 8.04. The predicted molar refractivity (Wildman–Crippen MR) is 95.6 cm³/mol. The second-order valence-electron chi connectivity index (χ2n) is 8.88. The Hall–Kier alpha value is -0.150. The van der Waals surface area contributed by atoms with Crippen LogP contribution < -0.4 is 0 Å². The van der Waals surface area contributed by atoms with Crippen molar-refractivity contribution in [3.05, 3.63) is 11.6 Å². The number of halogens is 1. The van der Waals surface area contributed by atoms with Crippen molar-refractivity contribution in [2.24, 2.45) is 28.6 Å². The molecule has 0 amide bonds. The molecule has 23 heavy (non-hydrogen) atoms. The van der Waals surface area contributed by atoms with E-state index in [-0.39, 0.29) is 11.5 Å². The third kappa shape index (κ3) is 2.18. The molecule has 7 atom stereocenters. The molecule has 2 nitrogen and oxygen atoms in total. The van der Waals surface area contributed by atoms with Crippen LogP contribution in [0.3, 0.4) is 0 Å². The lowest BCUT2D eigenvalue weighted by molar-refractivity contribution is -0.137. The summed E-state index contributed by atoms with van der Waals surface area (Å²) in [6, 6.07) is 0. The minimum Gasteiger partial charge on any atom is -0.374 e. The minimum atomic E-state index is -0.153. The van der Waals surface area contributed by atoms with Crippen LogP contribution in [0, 0.1) is 28.6 Å². The molecule has 0 N–H and O–H groups in total. The van der Waals surface area contributed by atoms with Crippen LogP contribution in [0.5, 0.6) is 0 Å². The van der Waals surface area contributed by atoms with Gasteiger partial charge in [-0.1, -0.05) is 41.4 Å². The van der Waals surface area contributed by atoms with E-state index in [2.05, 4.69) is 35.9 Å². The molecule has 0 heterocycles. The van der Waals surface area contributed by atoms with Gasteiger partial charge in [-0.15, -0.1) is 0 Å². The van der Waals surface area contributed by atoms with Crippen molar-refractivity contribution >= 4 is 21.7 Å². The minimum absolute atomic E-state index is 0.129. The van der Waals surface area contributed by atoms with Gasteiger partial charge in [0.25, 0.3) is 0 Å². The Morgan fingerprint density at radius 1 is 1.17 bits per heavy atom. The molecule has 4 rings (SSSR count). The first-order valence-electron chi connectivity index (χ1n) is 9.31. The third-order valence-corrected chi connectivity index (χ3v) is 8.82. The predicted octanol–water partition coefficient (Wildman–Crippen LogP) is 4.91. The van der Waals surface area contributed by atoms with Gasteiger partial charge < -0.3 is 4.74 Å². The molecular formula is C20H29BrO2. The summed E-state index contributed by atoms with van der Waals surface area (Å²) in [6.07, 6.45) is 10.6. The molecule has 3 fully saturated rings. The van der Waals surface area contributed by atoms with E-state index in [0.717, 1.165) is 18.8 Å². The molecule has 0 bridgehead atoms. The van der Waals surface area contributed by atoms with Gasteiger partial charge in [-0.2, -0.15) is 0 Å². The van der Waals surface area contributed by atoms with Gasteiger partial charge >= 0.3 is 0 Å². The lowest BCUT2D eigenvalue weighted by Crippen LogP contribution is -2.50. The van der Waals surface area contributed by atoms with Crippen LogP contribution in [-0.2, 0) is 9.53 Å². The monoisotopic (exact) mass is 380 g/mol. The summed E-state index contributed by atoms with van der Waals surface area (Å²) in [7, 11) is 1.71. The van der Waals surface area contributed by atoms with Crippen molar-refractivity contribution in [1.29, 1.82) is 0 Å². The summed E-state index contributed by atoms with van der Waals surface area (Å²) in [6.45, 7) is 4.74. The van der Waals surface area contributed by atoms with Crippen LogP contribution in [0.25, 0.3) is 0 Å². The Balaban J connectivity index is 1.68. The largest absolute Gasteiger partial charge is 0.374 e. The van der Waals surface area contributed by atoms with Crippen LogP contribution in [0.2, 0.25) is 0 Å². The molecule has 0 radical (unpaired) electrons. The molecule has 0 aliphatic heterocycles. The van der Waals surface area contributed by atoms with E-state index in [1.54, 1.807) is 12.7 Å². The van der Waals surface area contributed by atoms with Gasteiger partial charge in [0.15, 0.2) is 5.78 Å². The first kappa shape index (κ1) is 16.3. The van der Waals surface area contributed by atoms with Crippen LogP contribution in [0.1, 0.15) is 58.8 Å². The van der Waals surface area contributed by atoms with E-state index >= 15 is 0 Å². The van der Waals surface area contributed by atoms with Gasteiger partial charge in [-0.3, -0.25) is 4.79 Å². The van der Waals surface area contributed by atoms with Crippen LogP contribution in [-0.4, -0.2) is 23.8 Å². The molecule has 128 valence electrons. The Kier molecular flexibility index (Phi) is 3.85. The molecule has 3 heteroatoms. The first-order chi connectivity index (χ1) is 10.9. The number of allylic oxidation sites excluding steroid dienone is 2. The highest BCUT2D eigenvalue weighted by Gasteiger charge is 2.61. The first-order valence-corrected chi connectivity index (χ1v) is 10.2. The van der Waals surface area contributed by atoms with Crippen LogP contribution in [0.15, 0.2) is 11.6 Å². The topological polar surface area (TPSA) is 26.3 Å². The van der Waals surface area contributed by atoms with E-state index in [0.29, 0.717) is 27.9 Å². The van der Waals surface area contributed by atoms with Crippen molar-refractivity contribution < 1.29 is 9.53 Å². The Bertz CT molecular complexity index is 556. The van der Waals surface area contributed by atoms with Gasteiger partial charge in [0, 0.05) is 17.4 Å². The SMILES string of the molecule is CO[C@@H]1C[C@H]2[C@@H]3CC=C4CC(Br)CC[C@]4(C)[C@H]3CC[C@]2(C)C1=O. The van der Waals surface area contributed by atoms with Crippen molar-refractivity contribution in [2.45, 2.75) is 69.7 Å². The molecule has 1 unspecified atom stereocenters. The lowest BCUT2D eigenvalue weighted by Gasteiger charge is -2.56. The number of ketones is 1. The summed E-state index contributed by atoms with van der Waals surface area (Å²) in [5.74, 6) is 2.35. The average molecular weight is 381 g/mol. The number of fused-ring (bicyclic) bond motifs is 5. The normalized spacial score (nSPS) is 52.4. The summed E-state index contributed by atoms with van der Waals surface area (Å²) in [4.78, 5) is 13.5. The highest BCUT2D eigenvalue weighted by molar-refractivity contribution is 9.09. The Labute approximate surface area is 148 Å². The number of hydrogen-bond donors (Lipinski definition) is 0. The van der Waals surface area contributed by atoms with Crippen molar-refractivity contribution in [3.8, 4) is 0 Å². The average Bonchev–Trinajstić information content (AvgIpc) is 2.79. The van der Waals surface area contributed by atoms with E-state index in [4.69, 9.17) is 4.74 Å². The zero-order chi connectivity index (χ0) is 16.4. The number of hydrogen-bond acceptors (Lipinski definition) is 2. The van der Waals surface area contributed by atoms with Crippen molar-refractivity contribution in [2.75, 3.05) is 7.11 Å². The number of methoxy groups -OCH3 is 1. The number of rotatable bonds is 1. The number of carbonyl (C=O) groups is 1. The van der Waals surface area contributed by atoms with Gasteiger partial charge in [0.2, 0.25) is 0 Å². The number of ether oxygens (including phenoxy) is 1. The fourth-order valence-electron chi connectivity index (χ4n) is 6.59. The van der Waals surface area contributed by atoms with Gasteiger partial charge in [0.05, 0.1) is 0 Å². The highest BCUT2D eigenvalue weighted by atomic mass is 79.9. The summed E-state index contributed by atoms with van der Waals surface area (Å²) in [5.41, 5.74) is 1.95. The molecule has 4 aliphatic carbocycles. The van der Waals surface area contributed by atoms with Crippen molar-refractivity contribution in [3.63, 3.8) is 0 Å². The molecule has 0 aromatic carbocycles. The molecule has 0 spiro atoms.